The van der Waals surface area contributed by atoms with Crippen molar-refractivity contribution in [1.29, 1.82) is 0 Å². The van der Waals surface area contributed by atoms with Crippen molar-refractivity contribution < 1.29 is 63.1 Å². The van der Waals surface area contributed by atoms with Crippen LogP contribution in [0.4, 0.5) is 0 Å². The van der Waals surface area contributed by atoms with Gasteiger partial charge < -0.3 is 39.9 Å². The number of rotatable bonds is 26. The number of carbonyl (C=O) groups excluding carboxylic acids is 2. The number of ether oxygens (including phenoxy) is 2. The molecule has 6 unspecified atom stereocenters. The SMILES string of the molecule is CCCCCCCCCCCCC(=O)OC(COC(=O)CCCCCCCC)COP(=O)(O)OC1C(O)C(O)C(O)C(O)C1O. The second kappa shape index (κ2) is 24.1. The minimum absolute atomic E-state index is 0.102. The lowest BCUT2D eigenvalue weighted by molar-refractivity contribution is -0.220. The summed E-state index contributed by atoms with van der Waals surface area (Å²) in [5.41, 5.74) is 0. The molecule has 0 aliphatic heterocycles. The highest BCUT2D eigenvalue weighted by atomic mass is 31.2. The van der Waals surface area contributed by atoms with Crippen LogP contribution in [0.25, 0.3) is 0 Å². The predicted molar refractivity (Wildman–Crippen MR) is 166 cm³/mol. The maximum atomic E-state index is 12.6. The van der Waals surface area contributed by atoms with Gasteiger partial charge in [-0.2, -0.15) is 0 Å². The van der Waals surface area contributed by atoms with Crippen LogP contribution in [0.1, 0.15) is 129 Å². The number of hydrogen-bond donors (Lipinski definition) is 6. The molecule has 266 valence electrons. The van der Waals surface area contributed by atoms with Crippen molar-refractivity contribution in [2.24, 2.45) is 0 Å². The molecule has 0 radical (unpaired) electrons. The molecule has 0 aromatic heterocycles. The summed E-state index contributed by atoms with van der Waals surface area (Å²) in [5, 5.41) is 49.6. The van der Waals surface area contributed by atoms with Gasteiger partial charge in [0.05, 0.1) is 6.61 Å². The summed E-state index contributed by atoms with van der Waals surface area (Å²) in [5.74, 6) is -1.11. The molecule has 1 aliphatic rings. The molecule has 1 aliphatic carbocycles. The Morgan fingerprint density at radius 2 is 1.00 bits per heavy atom. The third-order valence-corrected chi connectivity index (χ3v) is 8.93. The fourth-order valence-corrected chi connectivity index (χ4v) is 6.08. The van der Waals surface area contributed by atoms with Gasteiger partial charge in [0.15, 0.2) is 6.10 Å². The van der Waals surface area contributed by atoms with Crippen molar-refractivity contribution in [3.05, 3.63) is 0 Å². The molecule has 0 heterocycles. The van der Waals surface area contributed by atoms with Crippen LogP contribution in [-0.2, 0) is 32.7 Å². The van der Waals surface area contributed by atoms with E-state index in [1.165, 1.54) is 32.1 Å². The maximum Gasteiger partial charge on any atom is 0.472 e. The molecular weight excluding hydrogens is 611 g/mol. The molecule has 6 atom stereocenters. The largest absolute Gasteiger partial charge is 0.472 e. The standard InChI is InChI=1S/C31H59O13P/c1-3-5-7-9-11-12-13-14-16-18-20-25(33)43-23(21-41-24(32)19-17-15-10-8-6-4-2)22-42-45(39,40)44-31-29(37)27(35)26(34)28(36)30(31)38/h23,26-31,34-38H,3-22H2,1-2H3,(H,39,40). The number of esters is 2. The fourth-order valence-electron chi connectivity index (χ4n) is 5.11. The van der Waals surface area contributed by atoms with Gasteiger partial charge in [-0.05, 0) is 12.8 Å². The number of aliphatic hydroxyl groups excluding tert-OH is 5. The number of unbranched alkanes of at least 4 members (excludes halogenated alkanes) is 14. The summed E-state index contributed by atoms with van der Waals surface area (Å²) in [6.45, 7) is 3.14. The quantitative estimate of drug-likeness (QED) is 0.0440. The van der Waals surface area contributed by atoms with Gasteiger partial charge in [0.1, 0.15) is 43.2 Å². The Labute approximate surface area is 268 Å². The van der Waals surface area contributed by atoms with E-state index in [0.717, 1.165) is 57.8 Å². The molecule has 13 nitrogen and oxygen atoms in total. The predicted octanol–water partition coefficient (Wildman–Crippen LogP) is 3.82. The summed E-state index contributed by atoms with van der Waals surface area (Å²) in [4.78, 5) is 35.0. The molecule has 1 fully saturated rings. The zero-order valence-electron chi connectivity index (χ0n) is 27.2. The van der Waals surface area contributed by atoms with Crippen LogP contribution in [0.3, 0.4) is 0 Å². The van der Waals surface area contributed by atoms with E-state index in [1.807, 2.05) is 0 Å². The number of hydrogen-bond acceptors (Lipinski definition) is 12. The monoisotopic (exact) mass is 670 g/mol. The topological polar surface area (TPSA) is 210 Å². The average molecular weight is 671 g/mol. The molecule has 0 amide bonds. The van der Waals surface area contributed by atoms with Gasteiger partial charge in [0, 0.05) is 12.8 Å². The summed E-state index contributed by atoms with van der Waals surface area (Å²) in [7, 11) is -5.09. The Morgan fingerprint density at radius 1 is 0.600 bits per heavy atom. The van der Waals surface area contributed by atoms with Crippen molar-refractivity contribution >= 4 is 19.8 Å². The minimum atomic E-state index is -5.09. The van der Waals surface area contributed by atoms with Gasteiger partial charge in [0.25, 0.3) is 0 Å². The Hall–Kier alpha value is -1.15. The minimum Gasteiger partial charge on any atom is -0.462 e. The highest BCUT2D eigenvalue weighted by Crippen LogP contribution is 2.47. The summed E-state index contributed by atoms with van der Waals surface area (Å²) in [6, 6.07) is 0. The average Bonchev–Trinajstić information content (AvgIpc) is 3.01. The number of carbonyl (C=O) groups is 2. The van der Waals surface area contributed by atoms with Gasteiger partial charge in [0.2, 0.25) is 0 Å². The lowest BCUT2D eigenvalue weighted by Crippen LogP contribution is -2.64. The highest BCUT2D eigenvalue weighted by molar-refractivity contribution is 7.47. The van der Waals surface area contributed by atoms with Gasteiger partial charge in [-0.1, -0.05) is 104 Å². The van der Waals surface area contributed by atoms with Crippen molar-refractivity contribution in [2.75, 3.05) is 13.2 Å². The normalized spacial score (nSPS) is 25.4. The second-order valence-electron chi connectivity index (χ2n) is 12.0. The van der Waals surface area contributed by atoms with Gasteiger partial charge in [-0.3, -0.25) is 18.6 Å². The van der Waals surface area contributed by atoms with Crippen molar-refractivity contribution in [1.82, 2.24) is 0 Å². The second-order valence-corrected chi connectivity index (χ2v) is 13.4. The van der Waals surface area contributed by atoms with Gasteiger partial charge in [-0.25, -0.2) is 4.57 Å². The first-order valence-corrected chi connectivity index (χ1v) is 18.3. The van der Waals surface area contributed by atoms with Crippen LogP contribution in [-0.4, -0.2) is 98.3 Å². The van der Waals surface area contributed by atoms with E-state index in [0.29, 0.717) is 12.8 Å². The van der Waals surface area contributed by atoms with Crippen molar-refractivity contribution in [3.63, 3.8) is 0 Å². The van der Waals surface area contributed by atoms with Crippen LogP contribution < -0.4 is 0 Å². The first kappa shape index (κ1) is 41.9. The molecule has 0 aromatic rings. The van der Waals surface area contributed by atoms with E-state index in [4.69, 9.17) is 18.5 Å². The van der Waals surface area contributed by atoms with E-state index in [9.17, 15) is 44.6 Å². The zero-order valence-corrected chi connectivity index (χ0v) is 28.1. The van der Waals surface area contributed by atoms with Crippen LogP contribution in [0.15, 0.2) is 0 Å². The van der Waals surface area contributed by atoms with Crippen molar-refractivity contribution in [2.45, 2.75) is 172 Å². The third kappa shape index (κ3) is 18.1. The zero-order chi connectivity index (χ0) is 33.7. The van der Waals surface area contributed by atoms with E-state index in [2.05, 4.69) is 13.8 Å². The fraction of sp³-hybridized carbons (Fsp3) is 0.935. The molecule has 14 heteroatoms. The molecule has 6 N–H and O–H groups in total. The Kier molecular flexibility index (Phi) is 22.4. The lowest BCUT2D eigenvalue weighted by Gasteiger charge is -2.41. The number of phosphoric ester groups is 1. The van der Waals surface area contributed by atoms with Crippen LogP contribution in [0, 0.1) is 0 Å². The molecule has 1 rings (SSSR count). The maximum absolute atomic E-state index is 12.6. The Morgan fingerprint density at radius 3 is 1.47 bits per heavy atom. The summed E-state index contributed by atoms with van der Waals surface area (Å²) >= 11 is 0. The molecule has 0 spiro atoms. The van der Waals surface area contributed by atoms with Crippen LogP contribution in [0.5, 0.6) is 0 Å². The highest BCUT2D eigenvalue weighted by Gasteiger charge is 2.51. The molecule has 0 bridgehead atoms. The smallest absolute Gasteiger partial charge is 0.462 e. The van der Waals surface area contributed by atoms with E-state index in [-0.39, 0.29) is 12.8 Å². The van der Waals surface area contributed by atoms with E-state index >= 15 is 0 Å². The first-order chi connectivity index (χ1) is 21.4. The van der Waals surface area contributed by atoms with E-state index in [1.54, 1.807) is 0 Å². The van der Waals surface area contributed by atoms with Gasteiger partial charge in [-0.15, -0.1) is 0 Å². The third-order valence-electron chi connectivity index (χ3n) is 7.95. The van der Waals surface area contributed by atoms with Crippen LogP contribution >= 0.6 is 7.82 Å². The van der Waals surface area contributed by atoms with Crippen molar-refractivity contribution in [3.8, 4) is 0 Å². The molecular formula is C31H59O13P. The van der Waals surface area contributed by atoms with Crippen LogP contribution in [0.2, 0.25) is 0 Å². The Balaban J connectivity index is 2.61. The molecule has 0 aromatic carbocycles. The molecule has 1 saturated carbocycles. The number of aliphatic hydroxyl groups is 5. The summed E-state index contributed by atoms with van der Waals surface area (Å²) < 4.78 is 33.0. The van der Waals surface area contributed by atoms with E-state index < -0.39 is 75.7 Å². The van der Waals surface area contributed by atoms with Gasteiger partial charge >= 0.3 is 19.8 Å². The first-order valence-electron chi connectivity index (χ1n) is 16.8. The Bertz CT molecular complexity index is 828. The molecule has 45 heavy (non-hydrogen) atoms. The number of phosphoric acid groups is 1. The summed E-state index contributed by atoms with van der Waals surface area (Å²) in [6.07, 6.45) is 3.87. The molecule has 0 saturated heterocycles. The lowest BCUT2D eigenvalue weighted by atomic mass is 9.85.